The van der Waals surface area contributed by atoms with E-state index in [1.165, 1.54) is 0 Å². The summed E-state index contributed by atoms with van der Waals surface area (Å²) in [6.07, 6.45) is 0. The molecule has 4 aromatic rings. The Labute approximate surface area is 220 Å². The minimum atomic E-state index is -0.660. The molecule has 9 heteroatoms. The highest BCUT2D eigenvalue weighted by Crippen LogP contribution is 2.48. The van der Waals surface area contributed by atoms with Gasteiger partial charge in [-0.3, -0.25) is 4.79 Å². The molecule has 174 valence electrons. The summed E-state index contributed by atoms with van der Waals surface area (Å²) in [5, 5.41) is 15.2. The van der Waals surface area contributed by atoms with E-state index >= 15 is 0 Å². The van der Waals surface area contributed by atoms with Crippen LogP contribution < -0.4 is 10.1 Å². The molecule has 0 saturated carbocycles. The summed E-state index contributed by atoms with van der Waals surface area (Å²) in [5.41, 5.74) is 1.34. The number of amides is 1. The maximum atomic E-state index is 13.0. The molecule has 34 heavy (non-hydrogen) atoms. The molecule has 0 aliphatic carbocycles. The monoisotopic (exact) mass is 553 g/mol. The SMILES string of the molecule is O=C(COc1c(Cl)c(Cl)c(Cl)c(Cl)c1Cl)NC(c1ccccc1)c1c(O)ccc2ccccc12. The van der Waals surface area contributed by atoms with E-state index in [0.29, 0.717) is 5.56 Å². The molecular weight excluding hydrogens is 540 g/mol. The summed E-state index contributed by atoms with van der Waals surface area (Å²) in [4.78, 5) is 13.0. The molecule has 1 amide bonds. The van der Waals surface area contributed by atoms with Gasteiger partial charge in [0.1, 0.15) is 15.8 Å². The Balaban J connectivity index is 1.67. The third-order valence-corrected chi connectivity index (χ3v) is 7.43. The number of phenols is 1. The van der Waals surface area contributed by atoms with E-state index in [4.69, 9.17) is 62.7 Å². The van der Waals surface area contributed by atoms with Gasteiger partial charge in [-0.1, -0.05) is 119 Å². The smallest absolute Gasteiger partial charge is 0.258 e. The van der Waals surface area contributed by atoms with Gasteiger partial charge in [0.2, 0.25) is 0 Å². The number of rotatable bonds is 6. The van der Waals surface area contributed by atoms with Crippen LogP contribution >= 0.6 is 58.0 Å². The molecule has 0 fully saturated rings. The number of benzene rings is 4. The van der Waals surface area contributed by atoms with Crippen molar-refractivity contribution in [2.24, 2.45) is 0 Å². The van der Waals surface area contributed by atoms with E-state index in [-0.39, 0.29) is 36.6 Å². The summed E-state index contributed by atoms with van der Waals surface area (Å²) in [6.45, 7) is -0.442. The van der Waals surface area contributed by atoms with Crippen molar-refractivity contribution in [3.05, 3.63) is 103 Å². The van der Waals surface area contributed by atoms with Gasteiger partial charge in [0.15, 0.2) is 12.4 Å². The molecule has 2 N–H and O–H groups in total. The lowest BCUT2D eigenvalue weighted by Crippen LogP contribution is -2.33. The van der Waals surface area contributed by atoms with E-state index in [1.807, 2.05) is 60.7 Å². The fourth-order valence-electron chi connectivity index (χ4n) is 3.61. The second kappa shape index (κ2) is 10.5. The van der Waals surface area contributed by atoms with Gasteiger partial charge in [-0.25, -0.2) is 0 Å². The van der Waals surface area contributed by atoms with Crippen LogP contribution in [-0.4, -0.2) is 17.6 Å². The van der Waals surface area contributed by atoms with E-state index in [2.05, 4.69) is 5.32 Å². The Kier molecular flexibility index (Phi) is 7.66. The van der Waals surface area contributed by atoms with Crippen LogP contribution in [0.15, 0.2) is 66.7 Å². The summed E-state index contributed by atoms with van der Waals surface area (Å²) in [7, 11) is 0. The first-order valence-electron chi connectivity index (χ1n) is 9.98. The van der Waals surface area contributed by atoms with Crippen molar-refractivity contribution >= 4 is 74.7 Å². The van der Waals surface area contributed by atoms with Crippen LogP contribution in [0.2, 0.25) is 25.1 Å². The molecule has 1 atom stereocenters. The zero-order chi connectivity index (χ0) is 24.4. The zero-order valence-electron chi connectivity index (χ0n) is 17.3. The normalized spacial score (nSPS) is 11.9. The largest absolute Gasteiger partial charge is 0.508 e. The van der Waals surface area contributed by atoms with E-state index < -0.39 is 18.6 Å². The van der Waals surface area contributed by atoms with Crippen molar-refractivity contribution in [2.45, 2.75) is 6.04 Å². The minimum absolute atomic E-state index is 0.00860. The van der Waals surface area contributed by atoms with E-state index in [9.17, 15) is 9.90 Å². The Hall–Kier alpha value is -2.34. The van der Waals surface area contributed by atoms with Crippen LogP contribution in [0.5, 0.6) is 11.5 Å². The highest BCUT2D eigenvalue weighted by Gasteiger charge is 2.24. The number of halogens is 5. The first-order chi connectivity index (χ1) is 16.3. The average molecular weight is 556 g/mol. The standard InChI is InChI=1S/C25H16Cl5NO3/c26-19-20(27)22(29)25(23(30)21(19)28)34-12-17(33)31-24(14-7-2-1-3-8-14)18-15-9-5-4-6-13(15)10-11-16(18)32/h1-11,24,32H,12H2,(H,31,33). The summed E-state index contributed by atoms with van der Waals surface area (Å²) >= 11 is 30.5. The third-order valence-electron chi connectivity index (χ3n) is 5.19. The van der Waals surface area contributed by atoms with Gasteiger partial charge in [0.25, 0.3) is 5.91 Å². The van der Waals surface area contributed by atoms with Crippen molar-refractivity contribution < 1.29 is 14.6 Å². The van der Waals surface area contributed by atoms with Gasteiger partial charge in [0.05, 0.1) is 21.1 Å². The zero-order valence-corrected chi connectivity index (χ0v) is 21.1. The number of carbonyl (C=O) groups excluding carboxylic acids is 1. The van der Waals surface area contributed by atoms with Crippen molar-refractivity contribution in [2.75, 3.05) is 6.61 Å². The summed E-state index contributed by atoms with van der Waals surface area (Å²) in [6, 6.07) is 19.7. The molecular formula is C25H16Cl5NO3. The number of ether oxygens (including phenoxy) is 1. The average Bonchev–Trinajstić information content (AvgIpc) is 2.85. The van der Waals surface area contributed by atoms with Crippen LogP contribution in [-0.2, 0) is 4.79 Å². The quantitative estimate of drug-likeness (QED) is 0.187. The van der Waals surface area contributed by atoms with Crippen LogP contribution in [0.1, 0.15) is 17.2 Å². The molecule has 0 aliphatic rings. The fraction of sp³-hybridized carbons (Fsp3) is 0.0800. The Morgan fingerprint density at radius 3 is 2.06 bits per heavy atom. The maximum Gasteiger partial charge on any atom is 0.258 e. The van der Waals surface area contributed by atoms with Crippen LogP contribution in [0.3, 0.4) is 0 Å². The lowest BCUT2D eigenvalue weighted by molar-refractivity contribution is -0.123. The molecule has 0 spiro atoms. The van der Waals surface area contributed by atoms with Gasteiger partial charge in [-0.05, 0) is 22.4 Å². The second-order valence-corrected chi connectivity index (χ2v) is 9.21. The third kappa shape index (κ3) is 4.88. The van der Waals surface area contributed by atoms with Gasteiger partial charge in [0, 0.05) is 5.56 Å². The minimum Gasteiger partial charge on any atom is -0.508 e. The van der Waals surface area contributed by atoms with Gasteiger partial charge in [-0.15, -0.1) is 0 Å². The van der Waals surface area contributed by atoms with E-state index in [1.54, 1.807) is 6.07 Å². The summed E-state index contributed by atoms with van der Waals surface area (Å²) in [5.74, 6) is -0.492. The molecule has 4 aromatic carbocycles. The topological polar surface area (TPSA) is 58.6 Å². The summed E-state index contributed by atoms with van der Waals surface area (Å²) < 4.78 is 5.57. The first-order valence-corrected chi connectivity index (χ1v) is 11.9. The maximum absolute atomic E-state index is 13.0. The number of nitrogens with one attached hydrogen (secondary N) is 1. The fourth-order valence-corrected chi connectivity index (χ4v) is 4.84. The number of hydrogen-bond donors (Lipinski definition) is 2. The molecule has 4 nitrogen and oxygen atoms in total. The van der Waals surface area contributed by atoms with Gasteiger partial charge in [-0.2, -0.15) is 0 Å². The molecule has 0 saturated heterocycles. The van der Waals surface area contributed by atoms with Gasteiger partial charge >= 0.3 is 0 Å². The van der Waals surface area contributed by atoms with Crippen LogP contribution in [0.25, 0.3) is 10.8 Å². The molecule has 0 aromatic heterocycles. The lowest BCUT2D eigenvalue weighted by atomic mass is 9.92. The number of carbonyl (C=O) groups is 1. The Morgan fingerprint density at radius 2 is 1.38 bits per heavy atom. The molecule has 4 rings (SSSR count). The Bertz CT molecular complexity index is 1350. The number of hydrogen-bond acceptors (Lipinski definition) is 3. The Morgan fingerprint density at radius 1 is 0.794 bits per heavy atom. The van der Waals surface area contributed by atoms with Crippen molar-refractivity contribution in [3.63, 3.8) is 0 Å². The van der Waals surface area contributed by atoms with Crippen molar-refractivity contribution in [1.29, 1.82) is 0 Å². The predicted molar refractivity (Wildman–Crippen MR) is 139 cm³/mol. The molecule has 0 aliphatic heterocycles. The second-order valence-electron chi connectivity index (χ2n) is 7.32. The highest BCUT2D eigenvalue weighted by atomic mass is 35.5. The van der Waals surface area contributed by atoms with Crippen molar-refractivity contribution in [3.8, 4) is 11.5 Å². The molecule has 0 bridgehead atoms. The van der Waals surface area contributed by atoms with Crippen LogP contribution in [0, 0.1) is 0 Å². The first kappa shape index (κ1) is 24.8. The number of aromatic hydroxyl groups is 1. The van der Waals surface area contributed by atoms with Crippen LogP contribution in [0.4, 0.5) is 0 Å². The number of fused-ring (bicyclic) bond motifs is 1. The predicted octanol–water partition coefficient (Wildman–Crippen LogP) is 8.10. The number of phenolic OH excluding ortho intramolecular Hbond substituents is 1. The molecule has 1 unspecified atom stereocenters. The van der Waals surface area contributed by atoms with Gasteiger partial charge < -0.3 is 15.2 Å². The molecule has 0 heterocycles. The highest BCUT2D eigenvalue weighted by molar-refractivity contribution is 6.55. The van der Waals surface area contributed by atoms with Crippen molar-refractivity contribution in [1.82, 2.24) is 5.32 Å². The van der Waals surface area contributed by atoms with E-state index in [0.717, 1.165) is 16.3 Å². The molecule has 0 radical (unpaired) electrons. The lowest BCUT2D eigenvalue weighted by Gasteiger charge is -2.23.